The Morgan fingerprint density at radius 3 is 2.69 bits per heavy atom. The van der Waals surface area contributed by atoms with Gasteiger partial charge < -0.3 is 20.2 Å². The van der Waals surface area contributed by atoms with Crippen molar-refractivity contribution in [3.05, 3.63) is 23.9 Å². The Morgan fingerprint density at radius 2 is 2.00 bits per heavy atom. The number of nitrogens with zero attached hydrogens (tertiary/aromatic N) is 4. The first-order valence-corrected chi connectivity index (χ1v) is 12.8. The number of hydrogen-bond acceptors (Lipinski definition) is 6. The number of allylic oxidation sites excluding steroid dienone is 2. The summed E-state index contributed by atoms with van der Waals surface area (Å²) >= 11 is 0. The van der Waals surface area contributed by atoms with Gasteiger partial charge >= 0.3 is 0 Å². The molecule has 6 nitrogen and oxygen atoms in total. The smallest absolute Gasteiger partial charge is 0.224 e. The van der Waals surface area contributed by atoms with Crippen molar-refractivity contribution in [1.29, 1.82) is 0 Å². The van der Waals surface area contributed by atoms with Gasteiger partial charge in [-0.05, 0) is 84.2 Å². The quantitative estimate of drug-likeness (QED) is 0.476. The molecule has 2 N–H and O–H groups in total. The van der Waals surface area contributed by atoms with Gasteiger partial charge in [-0.25, -0.2) is 4.98 Å². The first kappa shape index (κ1) is 25.0. The van der Waals surface area contributed by atoms with E-state index in [1.165, 1.54) is 44.9 Å². The summed E-state index contributed by atoms with van der Waals surface area (Å²) in [6, 6.07) is 2.04. The van der Waals surface area contributed by atoms with Crippen molar-refractivity contribution in [2.45, 2.75) is 83.7 Å². The van der Waals surface area contributed by atoms with Gasteiger partial charge in [-0.3, -0.25) is 0 Å². The molecule has 3 rings (SSSR count). The molecule has 1 saturated heterocycles. The topological polar surface area (TPSA) is 64.5 Å². The highest BCUT2D eigenvalue weighted by Crippen LogP contribution is 2.28. The third kappa shape index (κ3) is 9.07. The minimum atomic E-state index is -0.534. The molecule has 0 saturated carbocycles. The van der Waals surface area contributed by atoms with E-state index in [0.717, 1.165) is 69.7 Å². The van der Waals surface area contributed by atoms with Gasteiger partial charge in [0.25, 0.3) is 0 Å². The largest absolute Gasteiger partial charge is 0.390 e. The molecule has 1 atom stereocenters. The average Bonchev–Trinajstić information content (AvgIpc) is 3.04. The number of hydrogen-bond donors (Lipinski definition) is 2. The molecule has 1 aromatic rings. The third-order valence-electron chi connectivity index (χ3n) is 6.82. The standard InChI is InChI=1S/C26H45N5O/c1-26(2,32)15-8-9-22-10-12-23(13-11-22)21-30(3)20-17-28-25-27-16-14-24(29-25)31-18-6-4-5-7-19-31/h10,14,16,23,32H,4-9,11-13,15,17-21H2,1-3H3,(H,27,28,29). The maximum atomic E-state index is 9.88. The molecule has 2 heterocycles. The number of anilines is 2. The fraction of sp³-hybridized carbons (Fsp3) is 0.769. The van der Waals surface area contributed by atoms with Crippen molar-refractivity contribution < 1.29 is 5.11 Å². The summed E-state index contributed by atoms with van der Waals surface area (Å²) < 4.78 is 0. The number of rotatable bonds is 11. The van der Waals surface area contributed by atoms with Crippen LogP contribution in [0.2, 0.25) is 0 Å². The lowest BCUT2D eigenvalue weighted by Gasteiger charge is -2.27. The van der Waals surface area contributed by atoms with E-state index in [2.05, 4.69) is 33.2 Å². The van der Waals surface area contributed by atoms with Gasteiger partial charge in [0, 0.05) is 38.9 Å². The monoisotopic (exact) mass is 443 g/mol. The van der Waals surface area contributed by atoms with Crippen LogP contribution in [0.1, 0.15) is 78.1 Å². The Kier molecular flexibility index (Phi) is 9.79. The van der Waals surface area contributed by atoms with Crippen LogP contribution in [0.15, 0.2) is 23.9 Å². The van der Waals surface area contributed by atoms with Gasteiger partial charge in [-0.2, -0.15) is 4.98 Å². The van der Waals surface area contributed by atoms with Crippen molar-refractivity contribution in [2.75, 3.05) is 50.0 Å². The lowest BCUT2D eigenvalue weighted by Crippen LogP contribution is -2.31. The van der Waals surface area contributed by atoms with E-state index in [0.29, 0.717) is 0 Å². The molecule has 0 radical (unpaired) electrons. The zero-order valence-corrected chi connectivity index (χ0v) is 20.7. The average molecular weight is 444 g/mol. The van der Waals surface area contributed by atoms with E-state index in [-0.39, 0.29) is 0 Å². The van der Waals surface area contributed by atoms with Crippen LogP contribution in [-0.2, 0) is 0 Å². The van der Waals surface area contributed by atoms with Crippen LogP contribution in [0, 0.1) is 5.92 Å². The summed E-state index contributed by atoms with van der Waals surface area (Å²) in [5.74, 6) is 2.56. The minimum Gasteiger partial charge on any atom is -0.390 e. The molecular weight excluding hydrogens is 398 g/mol. The Hall–Kier alpha value is -1.66. The molecule has 1 fully saturated rings. The molecule has 32 heavy (non-hydrogen) atoms. The molecule has 1 unspecified atom stereocenters. The van der Waals surface area contributed by atoms with Crippen molar-refractivity contribution in [1.82, 2.24) is 14.9 Å². The summed E-state index contributed by atoms with van der Waals surface area (Å²) in [5, 5.41) is 13.3. The Morgan fingerprint density at radius 1 is 1.22 bits per heavy atom. The van der Waals surface area contributed by atoms with E-state index in [4.69, 9.17) is 4.98 Å². The summed E-state index contributed by atoms with van der Waals surface area (Å²) in [5.41, 5.74) is 1.06. The molecule has 0 bridgehead atoms. The van der Waals surface area contributed by atoms with Crippen LogP contribution in [-0.4, -0.2) is 65.3 Å². The van der Waals surface area contributed by atoms with Crippen LogP contribution in [0.4, 0.5) is 11.8 Å². The molecule has 6 heteroatoms. The molecule has 2 aliphatic rings. The van der Waals surface area contributed by atoms with E-state index in [9.17, 15) is 5.11 Å². The van der Waals surface area contributed by atoms with Crippen LogP contribution in [0.5, 0.6) is 0 Å². The Balaban J connectivity index is 1.34. The number of aliphatic hydroxyl groups is 1. The number of likely N-dealkylation sites (N-methyl/N-ethyl adjacent to an activating group) is 1. The molecule has 1 aromatic heterocycles. The zero-order valence-electron chi connectivity index (χ0n) is 20.7. The highest BCUT2D eigenvalue weighted by atomic mass is 16.3. The maximum absolute atomic E-state index is 9.88. The highest BCUT2D eigenvalue weighted by molar-refractivity contribution is 5.42. The van der Waals surface area contributed by atoms with Crippen LogP contribution >= 0.6 is 0 Å². The summed E-state index contributed by atoms with van der Waals surface area (Å²) in [6.07, 6.45) is 16.3. The SMILES string of the molecule is CN(CCNc1nccc(N2CCCCCC2)n1)CC1CC=C(CCCC(C)(C)O)CC1. The summed E-state index contributed by atoms with van der Waals surface area (Å²) in [6.45, 7) is 9.03. The molecule has 1 aliphatic carbocycles. The Labute approximate surface area is 195 Å². The predicted molar refractivity (Wildman–Crippen MR) is 134 cm³/mol. The molecule has 0 spiro atoms. The van der Waals surface area contributed by atoms with E-state index in [1.54, 1.807) is 5.57 Å². The maximum Gasteiger partial charge on any atom is 0.224 e. The molecule has 0 aromatic carbocycles. The van der Waals surface area contributed by atoms with Gasteiger partial charge in [0.15, 0.2) is 0 Å². The fourth-order valence-corrected chi connectivity index (χ4v) is 4.88. The van der Waals surface area contributed by atoms with E-state index >= 15 is 0 Å². The van der Waals surface area contributed by atoms with Crippen LogP contribution in [0.25, 0.3) is 0 Å². The molecular formula is C26H45N5O. The van der Waals surface area contributed by atoms with E-state index in [1.807, 2.05) is 26.1 Å². The first-order chi connectivity index (χ1) is 15.4. The lowest BCUT2D eigenvalue weighted by atomic mass is 9.86. The first-order valence-electron chi connectivity index (χ1n) is 12.8. The van der Waals surface area contributed by atoms with Gasteiger partial charge in [-0.15, -0.1) is 0 Å². The third-order valence-corrected chi connectivity index (χ3v) is 6.82. The molecule has 1 aliphatic heterocycles. The zero-order chi connectivity index (χ0) is 22.8. The summed E-state index contributed by atoms with van der Waals surface area (Å²) in [4.78, 5) is 14.0. The van der Waals surface area contributed by atoms with Gasteiger partial charge in [0.05, 0.1) is 5.60 Å². The Bertz CT molecular complexity index is 706. The molecule has 0 amide bonds. The van der Waals surface area contributed by atoms with Crippen molar-refractivity contribution in [2.24, 2.45) is 5.92 Å². The van der Waals surface area contributed by atoms with Gasteiger partial charge in [-0.1, -0.05) is 24.5 Å². The predicted octanol–water partition coefficient (Wildman–Crippen LogP) is 4.87. The highest BCUT2D eigenvalue weighted by Gasteiger charge is 2.18. The van der Waals surface area contributed by atoms with E-state index < -0.39 is 5.60 Å². The normalized spacial score (nSPS) is 20.2. The van der Waals surface area contributed by atoms with Crippen molar-refractivity contribution in [3.8, 4) is 0 Å². The minimum absolute atomic E-state index is 0.534. The van der Waals surface area contributed by atoms with Gasteiger partial charge in [0.2, 0.25) is 5.95 Å². The van der Waals surface area contributed by atoms with Crippen LogP contribution < -0.4 is 10.2 Å². The summed E-state index contributed by atoms with van der Waals surface area (Å²) in [7, 11) is 2.22. The fourth-order valence-electron chi connectivity index (χ4n) is 4.88. The van der Waals surface area contributed by atoms with Gasteiger partial charge in [0.1, 0.15) is 5.82 Å². The second-order valence-electron chi connectivity index (χ2n) is 10.5. The number of aromatic nitrogens is 2. The number of nitrogens with one attached hydrogen (secondary N) is 1. The second kappa shape index (κ2) is 12.5. The van der Waals surface area contributed by atoms with Crippen molar-refractivity contribution in [3.63, 3.8) is 0 Å². The molecule has 180 valence electrons. The van der Waals surface area contributed by atoms with Crippen LogP contribution in [0.3, 0.4) is 0 Å². The second-order valence-corrected chi connectivity index (χ2v) is 10.5. The lowest BCUT2D eigenvalue weighted by molar-refractivity contribution is 0.0688. The van der Waals surface area contributed by atoms with Crippen molar-refractivity contribution >= 4 is 11.8 Å².